The number of hydrogen-bond donors (Lipinski definition) is 2. The number of benzene rings is 2. The zero-order valence-corrected chi connectivity index (χ0v) is 26.4. The van der Waals surface area contributed by atoms with Gasteiger partial charge in [-0.25, -0.2) is 10.2 Å². The van der Waals surface area contributed by atoms with Gasteiger partial charge in [-0.15, -0.1) is 0 Å². The minimum Gasteiger partial charge on any atom is -0.493 e. The van der Waals surface area contributed by atoms with Crippen LogP contribution >= 0.6 is 45.8 Å². The molecule has 0 aromatic heterocycles. The van der Waals surface area contributed by atoms with Crippen molar-refractivity contribution in [3.63, 3.8) is 0 Å². The standard InChI is InChI=1S/C27H32Cl2IN3O7/c1-6-38-24(34)14-39-25-20(30)10-17(11-23(25)37-5)13-31-33-27(36)21(9-15(2)3)32-26(35)16(4)40-22-8-7-18(28)12-19(22)29/h7-8,10-13,15-16,21H,6,9,14H2,1-5H3,(H,32,35)(H,33,36)/b31-13-/t16-,21+/m1/s1. The molecular formula is C27H32Cl2IN3O7. The number of methoxy groups -OCH3 is 1. The molecule has 0 saturated heterocycles. The zero-order chi connectivity index (χ0) is 29.8. The predicted octanol–water partition coefficient (Wildman–Crippen LogP) is 5.00. The summed E-state index contributed by atoms with van der Waals surface area (Å²) in [4.78, 5) is 37.4. The summed E-state index contributed by atoms with van der Waals surface area (Å²) in [6.07, 6.45) is 0.878. The number of carbonyl (C=O) groups excluding carboxylic acids is 3. The number of esters is 1. The number of halogens is 3. The first-order chi connectivity index (χ1) is 18.9. The van der Waals surface area contributed by atoms with E-state index in [4.69, 9.17) is 42.1 Å². The first-order valence-corrected chi connectivity index (χ1v) is 14.2. The molecule has 218 valence electrons. The van der Waals surface area contributed by atoms with Gasteiger partial charge < -0.3 is 24.3 Å². The summed E-state index contributed by atoms with van der Waals surface area (Å²) in [7, 11) is 1.47. The molecule has 0 radical (unpaired) electrons. The molecule has 2 amide bonds. The third-order valence-electron chi connectivity index (χ3n) is 5.19. The van der Waals surface area contributed by atoms with Gasteiger partial charge in [-0.1, -0.05) is 37.0 Å². The average Bonchev–Trinajstić information content (AvgIpc) is 2.88. The average molecular weight is 708 g/mol. The van der Waals surface area contributed by atoms with E-state index < -0.39 is 29.9 Å². The molecule has 0 spiro atoms. The molecule has 0 aliphatic carbocycles. The Morgan fingerprint density at radius 1 is 1.07 bits per heavy atom. The summed E-state index contributed by atoms with van der Waals surface area (Å²) in [5.74, 6) is -0.316. The summed E-state index contributed by atoms with van der Waals surface area (Å²) in [6.45, 7) is 7.12. The van der Waals surface area contributed by atoms with Crippen molar-refractivity contribution in [3.8, 4) is 17.2 Å². The van der Waals surface area contributed by atoms with Crippen molar-refractivity contribution in [1.82, 2.24) is 10.7 Å². The molecule has 10 nitrogen and oxygen atoms in total. The van der Waals surface area contributed by atoms with Crippen molar-refractivity contribution < 1.29 is 33.3 Å². The van der Waals surface area contributed by atoms with Crippen LogP contribution in [-0.4, -0.2) is 56.5 Å². The number of rotatable bonds is 14. The summed E-state index contributed by atoms with van der Waals surface area (Å²) in [5, 5.41) is 7.47. The summed E-state index contributed by atoms with van der Waals surface area (Å²) < 4.78 is 22.1. The molecule has 0 fully saturated rings. The van der Waals surface area contributed by atoms with Crippen LogP contribution in [0.25, 0.3) is 0 Å². The highest BCUT2D eigenvalue weighted by Gasteiger charge is 2.25. The molecule has 0 aliphatic heterocycles. The van der Waals surface area contributed by atoms with Crippen LogP contribution in [0.1, 0.15) is 39.7 Å². The topological polar surface area (TPSA) is 125 Å². The molecule has 0 saturated carbocycles. The first-order valence-electron chi connectivity index (χ1n) is 12.4. The van der Waals surface area contributed by atoms with E-state index in [0.717, 1.165) is 0 Å². The molecule has 2 atom stereocenters. The van der Waals surface area contributed by atoms with E-state index in [1.807, 2.05) is 36.4 Å². The van der Waals surface area contributed by atoms with E-state index in [1.165, 1.54) is 19.4 Å². The van der Waals surface area contributed by atoms with Crippen LogP contribution in [0.5, 0.6) is 17.2 Å². The van der Waals surface area contributed by atoms with Crippen LogP contribution in [0.3, 0.4) is 0 Å². The molecule has 2 aromatic carbocycles. The van der Waals surface area contributed by atoms with Gasteiger partial charge in [-0.05, 0) is 84.7 Å². The Labute approximate surface area is 257 Å². The maximum absolute atomic E-state index is 12.9. The van der Waals surface area contributed by atoms with Gasteiger partial charge in [0.25, 0.3) is 11.8 Å². The Morgan fingerprint density at radius 2 is 1.80 bits per heavy atom. The normalized spacial score (nSPS) is 12.5. The molecule has 2 rings (SSSR count). The van der Waals surface area contributed by atoms with E-state index in [1.54, 1.807) is 38.1 Å². The van der Waals surface area contributed by atoms with Crippen molar-refractivity contribution in [3.05, 3.63) is 49.5 Å². The van der Waals surface area contributed by atoms with Crippen LogP contribution < -0.4 is 25.0 Å². The third kappa shape index (κ3) is 10.7. The number of nitrogens with one attached hydrogen (secondary N) is 2. The predicted molar refractivity (Wildman–Crippen MR) is 162 cm³/mol. The van der Waals surface area contributed by atoms with E-state index >= 15 is 0 Å². The Morgan fingerprint density at radius 3 is 2.42 bits per heavy atom. The number of hydrazone groups is 1. The Kier molecular flexibility index (Phi) is 13.8. The summed E-state index contributed by atoms with van der Waals surface area (Å²) in [5.41, 5.74) is 3.08. The lowest BCUT2D eigenvalue weighted by Crippen LogP contribution is -2.49. The van der Waals surface area contributed by atoms with E-state index in [0.29, 0.717) is 37.8 Å². The van der Waals surface area contributed by atoms with Crippen LogP contribution in [0.2, 0.25) is 10.0 Å². The third-order valence-corrected chi connectivity index (χ3v) is 6.52. The Balaban J connectivity index is 2.06. The molecule has 0 bridgehead atoms. The SMILES string of the molecule is CCOC(=O)COc1c(I)cc(/C=N\NC(=O)[C@H](CC(C)C)NC(=O)[C@@H](C)Oc2ccc(Cl)cc2Cl)cc1OC. The highest BCUT2D eigenvalue weighted by molar-refractivity contribution is 14.1. The second-order valence-electron chi connectivity index (χ2n) is 8.89. The van der Waals surface area contributed by atoms with Crippen LogP contribution in [0, 0.1) is 9.49 Å². The molecule has 2 N–H and O–H groups in total. The van der Waals surface area contributed by atoms with E-state index in [-0.39, 0.29) is 24.2 Å². The van der Waals surface area contributed by atoms with Gasteiger partial charge in [0.1, 0.15) is 11.8 Å². The largest absolute Gasteiger partial charge is 0.493 e. The molecule has 40 heavy (non-hydrogen) atoms. The summed E-state index contributed by atoms with van der Waals surface area (Å²) in [6, 6.07) is 7.21. The van der Waals surface area contributed by atoms with E-state index in [9.17, 15) is 14.4 Å². The minimum absolute atomic E-state index is 0.106. The fourth-order valence-electron chi connectivity index (χ4n) is 3.34. The second kappa shape index (κ2) is 16.5. The van der Waals surface area contributed by atoms with Crippen LogP contribution in [0.4, 0.5) is 0 Å². The van der Waals surface area contributed by atoms with Gasteiger partial charge in [0.15, 0.2) is 24.2 Å². The number of amides is 2. The van der Waals surface area contributed by atoms with Gasteiger partial charge >= 0.3 is 5.97 Å². The lowest BCUT2D eigenvalue weighted by atomic mass is 10.0. The second-order valence-corrected chi connectivity index (χ2v) is 10.9. The number of ether oxygens (including phenoxy) is 4. The zero-order valence-electron chi connectivity index (χ0n) is 22.8. The van der Waals surface area contributed by atoms with Gasteiger partial charge in [0.2, 0.25) is 0 Å². The monoisotopic (exact) mass is 707 g/mol. The number of carbonyl (C=O) groups is 3. The van der Waals surface area contributed by atoms with Gasteiger partial charge in [-0.3, -0.25) is 9.59 Å². The molecule has 13 heteroatoms. The van der Waals surface area contributed by atoms with Gasteiger partial charge in [-0.2, -0.15) is 5.10 Å². The maximum Gasteiger partial charge on any atom is 0.344 e. The van der Waals surface area contributed by atoms with E-state index in [2.05, 4.69) is 15.8 Å². The molecular weight excluding hydrogens is 676 g/mol. The number of nitrogens with zero attached hydrogens (tertiary/aromatic N) is 1. The molecule has 0 heterocycles. The lowest BCUT2D eigenvalue weighted by molar-refractivity contribution is -0.145. The molecule has 2 aromatic rings. The molecule has 0 aliphatic rings. The first kappa shape index (κ1) is 33.4. The highest BCUT2D eigenvalue weighted by atomic mass is 127. The van der Waals surface area contributed by atoms with Gasteiger partial charge in [0.05, 0.1) is 28.5 Å². The number of hydrogen-bond acceptors (Lipinski definition) is 8. The van der Waals surface area contributed by atoms with Gasteiger partial charge in [0, 0.05) is 5.02 Å². The van der Waals surface area contributed by atoms with Crippen molar-refractivity contribution >= 4 is 69.8 Å². The molecule has 0 unspecified atom stereocenters. The van der Waals surface area contributed by atoms with Crippen molar-refractivity contribution in [2.45, 2.75) is 46.3 Å². The maximum atomic E-state index is 12.9. The fourth-order valence-corrected chi connectivity index (χ4v) is 4.58. The Hall–Kier alpha value is -2.77. The van der Waals surface area contributed by atoms with Crippen molar-refractivity contribution in [2.75, 3.05) is 20.3 Å². The Bertz CT molecular complexity index is 1230. The van der Waals surface area contributed by atoms with Crippen LogP contribution in [0.15, 0.2) is 35.4 Å². The van der Waals surface area contributed by atoms with Crippen molar-refractivity contribution in [2.24, 2.45) is 11.0 Å². The summed E-state index contributed by atoms with van der Waals surface area (Å²) >= 11 is 14.1. The van der Waals surface area contributed by atoms with Crippen molar-refractivity contribution in [1.29, 1.82) is 0 Å². The fraction of sp³-hybridized carbons (Fsp3) is 0.407. The quantitative estimate of drug-likeness (QED) is 0.123. The minimum atomic E-state index is -0.927. The van der Waals surface area contributed by atoms with Crippen LogP contribution in [-0.2, 0) is 19.1 Å². The highest BCUT2D eigenvalue weighted by Crippen LogP contribution is 2.33. The lowest BCUT2D eigenvalue weighted by Gasteiger charge is -2.22. The smallest absolute Gasteiger partial charge is 0.344 e.